The third-order valence-electron chi connectivity index (χ3n) is 4.13. The van der Waals surface area contributed by atoms with E-state index in [1.807, 2.05) is 0 Å². The van der Waals surface area contributed by atoms with E-state index in [9.17, 15) is 13.2 Å². The number of hydrogen-bond acceptors (Lipinski definition) is 4. The largest absolute Gasteiger partial charge is 0.326 e. The molecule has 136 valence electrons. The average molecular weight is 376 g/mol. The van der Waals surface area contributed by atoms with Gasteiger partial charge in [-0.25, -0.2) is 12.7 Å². The van der Waals surface area contributed by atoms with Crippen LogP contribution in [-0.2, 0) is 14.8 Å². The van der Waals surface area contributed by atoms with Gasteiger partial charge in [0.2, 0.25) is 15.9 Å². The second kappa shape index (κ2) is 9.36. The molecular formula is C16H26ClN3O3S. The molecule has 0 saturated carbocycles. The zero-order valence-electron chi connectivity index (χ0n) is 14.1. The molecule has 0 aromatic heterocycles. The molecule has 1 fully saturated rings. The van der Waals surface area contributed by atoms with Crippen LogP contribution in [0.3, 0.4) is 0 Å². The summed E-state index contributed by atoms with van der Waals surface area (Å²) in [6.45, 7) is 2.05. The maximum Gasteiger partial charge on any atom is 0.242 e. The fourth-order valence-corrected chi connectivity index (χ4v) is 3.62. The highest BCUT2D eigenvalue weighted by Crippen LogP contribution is 2.20. The van der Waals surface area contributed by atoms with Gasteiger partial charge >= 0.3 is 0 Å². The van der Waals surface area contributed by atoms with Crippen molar-refractivity contribution in [2.75, 3.05) is 32.5 Å². The quantitative estimate of drug-likeness (QED) is 0.797. The molecule has 0 aliphatic carbocycles. The Morgan fingerprint density at radius 3 is 2.58 bits per heavy atom. The van der Waals surface area contributed by atoms with Crippen LogP contribution in [-0.4, -0.2) is 45.8 Å². The molecule has 0 radical (unpaired) electrons. The highest BCUT2D eigenvalue weighted by atomic mass is 35.5. The number of anilines is 1. The van der Waals surface area contributed by atoms with Gasteiger partial charge in [0.05, 0.1) is 4.90 Å². The number of nitrogens with one attached hydrogen (secondary N) is 2. The van der Waals surface area contributed by atoms with Crippen molar-refractivity contribution in [3.05, 3.63) is 24.3 Å². The summed E-state index contributed by atoms with van der Waals surface area (Å²) < 4.78 is 25.4. The van der Waals surface area contributed by atoms with Crippen LogP contribution in [0.15, 0.2) is 29.2 Å². The lowest BCUT2D eigenvalue weighted by atomic mass is 9.93. The third-order valence-corrected chi connectivity index (χ3v) is 5.95. The molecule has 0 atom stereocenters. The number of benzene rings is 1. The predicted molar refractivity (Wildman–Crippen MR) is 98.0 cm³/mol. The molecule has 1 amide bonds. The fourth-order valence-electron chi connectivity index (χ4n) is 2.67. The lowest BCUT2D eigenvalue weighted by Crippen LogP contribution is -2.28. The van der Waals surface area contributed by atoms with Crippen LogP contribution in [0, 0.1) is 5.92 Å². The minimum Gasteiger partial charge on any atom is -0.326 e. The van der Waals surface area contributed by atoms with E-state index in [1.165, 1.54) is 26.2 Å². The lowest BCUT2D eigenvalue weighted by Gasteiger charge is -2.22. The highest BCUT2D eigenvalue weighted by molar-refractivity contribution is 7.89. The van der Waals surface area contributed by atoms with Crippen LogP contribution in [0.25, 0.3) is 0 Å². The lowest BCUT2D eigenvalue weighted by molar-refractivity contribution is -0.116. The Bertz CT molecular complexity index is 644. The van der Waals surface area contributed by atoms with Gasteiger partial charge in [0.1, 0.15) is 0 Å². The van der Waals surface area contributed by atoms with E-state index in [0.29, 0.717) is 18.0 Å². The zero-order chi connectivity index (χ0) is 16.9. The molecule has 2 rings (SSSR count). The molecule has 6 nitrogen and oxygen atoms in total. The first-order valence-corrected chi connectivity index (χ1v) is 9.37. The maximum atomic E-state index is 12.1. The van der Waals surface area contributed by atoms with Gasteiger partial charge in [-0.1, -0.05) is 6.07 Å². The first kappa shape index (κ1) is 20.9. The van der Waals surface area contributed by atoms with Crippen molar-refractivity contribution in [1.82, 2.24) is 9.62 Å². The van der Waals surface area contributed by atoms with E-state index in [4.69, 9.17) is 0 Å². The number of piperidine rings is 1. The second-order valence-electron chi connectivity index (χ2n) is 6.10. The van der Waals surface area contributed by atoms with Crippen LogP contribution in [0.1, 0.15) is 25.7 Å². The minimum atomic E-state index is -3.49. The summed E-state index contributed by atoms with van der Waals surface area (Å²) in [5.41, 5.74) is 0.517. The Labute approximate surface area is 150 Å². The first-order valence-electron chi connectivity index (χ1n) is 7.93. The summed E-state index contributed by atoms with van der Waals surface area (Å²) in [6, 6.07) is 6.37. The molecule has 24 heavy (non-hydrogen) atoms. The van der Waals surface area contributed by atoms with Crippen molar-refractivity contribution in [3.63, 3.8) is 0 Å². The monoisotopic (exact) mass is 375 g/mol. The van der Waals surface area contributed by atoms with Gasteiger partial charge < -0.3 is 10.6 Å². The molecule has 1 aliphatic heterocycles. The molecule has 0 spiro atoms. The Hall–Kier alpha value is -1.15. The Balaban J connectivity index is 0.00000288. The van der Waals surface area contributed by atoms with Crippen LogP contribution in [0.5, 0.6) is 0 Å². The van der Waals surface area contributed by atoms with Gasteiger partial charge in [-0.05, 0) is 56.5 Å². The number of sulfonamides is 1. The number of hydrogen-bond donors (Lipinski definition) is 2. The smallest absolute Gasteiger partial charge is 0.242 e. The maximum absolute atomic E-state index is 12.1. The predicted octanol–water partition coefficient (Wildman–Crippen LogP) is 2.08. The van der Waals surface area contributed by atoms with Crippen molar-refractivity contribution in [1.29, 1.82) is 0 Å². The van der Waals surface area contributed by atoms with E-state index in [2.05, 4.69) is 10.6 Å². The van der Waals surface area contributed by atoms with Gasteiger partial charge in [-0.3, -0.25) is 4.79 Å². The number of halogens is 1. The summed E-state index contributed by atoms with van der Waals surface area (Å²) in [6.07, 6.45) is 3.58. The van der Waals surface area contributed by atoms with Crippen LogP contribution in [0.2, 0.25) is 0 Å². The molecule has 1 heterocycles. The molecule has 1 aromatic carbocycles. The Kier molecular flexibility index (Phi) is 8.15. The van der Waals surface area contributed by atoms with Gasteiger partial charge in [0.15, 0.2) is 0 Å². The summed E-state index contributed by atoms with van der Waals surface area (Å²) in [4.78, 5) is 12.2. The van der Waals surface area contributed by atoms with E-state index >= 15 is 0 Å². The van der Waals surface area contributed by atoms with Gasteiger partial charge in [-0.2, -0.15) is 0 Å². The minimum absolute atomic E-state index is 0. The van der Waals surface area contributed by atoms with Crippen LogP contribution >= 0.6 is 12.4 Å². The molecule has 1 aromatic rings. The summed E-state index contributed by atoms with van der Waals surface area (Å²) in [5, 5.41) is 6.11. The fraction of sp³-hybridized carbons (Fsp3) is 0.562. The normalized spacial score (nSPS) is 15.8. The van der Waals surface area contributed by atoms with Crippen molar-refractivity contribution >= 4 is 34.0 Å². The van der Waals surface area contributed by atoms with Gasteiger partial charge in [-0.15, -0.1) is 12.4 Å². The molecule has 1 aliphatic rings. The Morgan fingerprint density at radius 1 is 1.29 bits per heavy atom. The molecule has 0 bridgehead atoms. The molecule has 8 heteroatoms. The summed E-state index contributed by atoms with van der Waals surface area (Å²) in [7, 11) is -0.518. The number of rotatable bonds is 6. The number of carbonyl (C=O) groups is 1. The van der Waals surface area contributed by atoms with Gasteiger partial charge in [0, 0.05) is 26.2 Å². The van der Waals surface area contributed by atoms with E-state index in [-0.39, 0.29) is 23.2 Å². The molecule has 0 unspecified atom stereocenters. The first-order chi connectivity index (χ1) is 10.9. The van der Waals surface area contributed by atoms with Crippen molar-refractivity contribution in [3.8, 4) is 0 Å². The average Bonchev–Trinajstić information content (AvgIpc) is 2.54. The topological polar surface area (TPSA) is 78.5 Å². The van der Waals surface area contributed by atoms with Crippen LogP contribution < -0.4 is 10.6 Å². The van der Waals surface area contributed by atoms with E-state index in [0.717, 1.165) is 36.7 Å². The van der Waals surface area contributed by atoms with Crippen molar-refractivity contribution < 1.29 is 13.2 Å². The van der Waals surface area contributed by atoms with Crippen molar-refractivity contribution in [2.45, 2.75) is 30.6 Å². The second-order valence-corrected chi connectivity index (χ2v) is 8.25. The summed E-state index contributed by atoms with van der Waals surface area (Å²) in [5.74, 6) is 0.533. The number of carbonyl (C=O) groups excluding carboxylic acids is 1. The SMILES string of the molecule is CN(C)S(=O)(=O)c1cccc(NC(=O)CCC2CCNCC2)c1.Cl. The number of nitrogens with zero attached hydrogens (tertiary/aromatic N) is 1. The molecule has 1 saturated heterocycles. The summed E-state index contributed by atoms with van der Waals surface area (Å²) >= 11 is 0. The zero-order valence-corrected chi connectivity index (χ0v) is 15.8. The van der Waals surface area contributed by atoms with Gasteiger partial charge in [0.25, 0.3) is 0 Å². The van der Waals surface area contributed by atoms with E-state index in [1.54, 1.807) is 12.1 Å². The standard InChI is InChI=1S/C16H25N3O3S.ClH/c1-19(2)23(21,22)15-5-3-4-14(12-15)18-16(20)7-6-13-8-10-17-11-9-13;/h3-5,12-13,17H,6-11H2,1-2H3,(H,18,20);1H. The van der Waals surface area contributed by atoms with Crippen LogP contribution in [0.4, 0.5) is 5.69 Å². The molecule has 2 N–H and O–H groups in total. The highest BCUT2D eigenvalue weighted by Gasteiger charge is 2.18. The number of amides is 1. The third kappa shape index (κ3) is 5.73. The Morgan fingerprint density at radius 2 is 1.96 bits per heavy atom. The van der Waals surface area contributed by atoms with Crippen molar-refractivity contribution in [2.24, 2.45) is 5.92 Å². The molecular weight excluding hydrogens is 350 g/mol. The van der Waals surface area contributed by atoms with E-state index < -0.39 is 10.0 Å².